The van der Waals surface area contributed by atoms with E-state index in [1.165, 1.54) is 17.0 Å². The summed E-state index contributed by atoms with van der Waals surface area (Å²) >= 11 is 6.32. The van der Waals surface area contributed by atoms with Gasteiger partial charge in [0.1, 0.15) is 18.3 Å². The standard InChI is InChI=1S/C37H42ClN3O5S/c1-5-46-33-18-20-34(21-19-33)47(44,45)41(32-16-14-28(4)15-17-32)26-36(42)40(25-30-12-9-13-31(38)22-30)35(37(43)39-24-27(2)3)23-29-10-7-6-8-11-29/h6-22,27,35H,5,23-26H2,1-4H3,(H,39,43)/t35-/m0/s1. The molecular formula is C37H42ClN3O5S. The minimum Gasteiger partial charge on any atom is -0.494 e. The van der Waals surface area contributed by atoms with Crippen LogP contribution in [-0.4, -0.2) is 50.9 Å². The number of anilines is 1. The molecule has 248 valence electrons. The molecule has 0 spiro atoms. The Morgan fingerprint density at radius 1 is 0.872 bits per heavy atom. The van der Waals surface area contributed by atoms with Crippen LogP contribution in [-0.2, 0) is 32.6 Å². The fourth-order valence-corrected chi connectivity index (χ4v) is 6.68. The number of carbonyl (C=O) groups is 2. The zero-order chi connectivity index (χ0) is 34.0. The van der Waals surface area contributed by atoms with Crippen LogP contribution in [0, 0.1) is 12.8 Å². The minimum absolute atomic E-state index is 0.00577. The van der Waals surface area contributed by atoms with Gasteiger partial charge in [0.2, 0.25) is 11.8 Å². The molecule has 1 atom stereocenters. The lowest BCUT2D eigenvalue weighted by atomic mass is 10.0. The van der Waals surface area contributed by atoms with Gasteiger partial charge in [-0.2, -0.15) is 0 Å². The molecule has 0 fully saturated rings. The lowest BCUT2D eigenvalue weighted by Crippen LogP contribution is -2.53. The largest absolute Gasteiger partial charge is 0.494 e. The highest BCUT2D eigenvalue weighted by atomic mass is 35.5. The van der Waals surface area contributed by atoms with Gasteiger partial charge in [-0.05, 0) is 79.4 Å². The Balaban J connectivity index is 1.79. The summed E-state index contributed by atoms with van der Waals surface area (Å²) < 4.78 is 35.1. The number of nitrogens with one attached hydrogen (secondary N) is 1. The number of hydrogen-bond acceptors (Lipinski definition) is 5. The molecule has 4 rings (SSSR count). The Bertz CT molecular complexity index is 1730. The van der Waals surface area contributed by atoms with Gasteiger partial charge in [0.25, 0.3) is 10.0 Å². The molecule has 2 amide bonds. The summed E-state index contributed by atoms with van der Waals surface area (Å²) in [6.45, 7) is 8.09. The highest BCUT2D eigenvalue weighted by Gasteiger charge is 2.34. The first kappa shape index (κ1) is 35.5. The Hall–Kier alpha value is -4.34. The van der Waals surface area contributed by atoms with Crippen molar-refractivity contribution in [2.45, 2.75) is 51.6 Å². The van der Waals surface area contributed by atoms with Gasteiger partial charge in [-0.1, -0.05) is 85.6 Å². The van der Waals surface area contributed by atoms with Gasteiger partial charge in [-0.3, -0.25) is 13.9 Å². The molecule has 0 aliphatic carbocycles. The SMILES string of the molecule is CCOc1ccc(S(=O)(=O)N(CC(=O)N(Cc2cccc(Cl)c2)[C@@H](Cc2ccccc2)C(=O)NCC(C)C)c2ccc(C)cc2)cc1. The number of hydrogen-bond donors (Lipinski definition) is 1. The predicted molar refractivity (Wildman–Crippen MR) is 187 cm³/mol. The van der Waals surface area contributed by atoms with E-state index in [4.69, 9.17) is 16.3 Å². The lowest BCUT2D eigenvalue weighted by Gasteiger charge is -2.34. The van der Waals surface area contributed by atoms with Crippen LogP contribution >= 0.6 is 11.6 Å². The third-order valence-electron chi connectivity index (χ3n) is 7.52. The second kappa shape index (κ2) is 16.5. The van der Waals surface area contributed by atoms with Crippen LogP contribution in [0.3, 0.4) is 0 Å². The molecule has 0 aliphatic heterocycles. The van der Waals surface area contributed by atoms with Crippen LogP contribution in [0.2, 0.25) is 5.02 Å². The number of benzene rings is 4. The molecule has 0 aliphatic rings. The minimum atomic E-state index is -4.22. The van der Waals surface area contributed by atoms with E-state index >= 15 is 0 Å². The number of sulfonamides is 1. The molecule has 0 bridgehead atoms. The van der Waals surface area contributed by atoms with Crippen molar-refractivity contribution in [1.29, 1.82) is 0 Å². The lowest BCUT2D eigenvalue weighted by molar-refractivity contribution is -0.140. The van der Waals surface area contributed by atoms with Crippen molar-refractivity contribution in [1.82, 2.24) is 10.2 Å². The molecule has 0 saturated heterocycles. The maximum atomic E-state index is 14.6. The van der Waals surface area contributed by atoms with Gasteiger partial charge in [0.05, 0.1) is 17.2 Å². The number of carbonyl (C=O) groups excluding carboxylic acids is 2. The monoisotopic (exact) mass is 675 g/mol. The molecule has 1 N–H and O–H groups in total. The van der Waals surface area contributed by atoms with E-state index in [0.29, 0.717) is 35.2 Å². The second-order valence-electron chi connectivity index (χ2n) is 11.7. The smallest absolute Gasteiger partial charge is 0.264 e. The van der Waals surface area contributed by atoms with E-state index in [0.717, 1.165) is 15.4 Å². The first-order valence-corrected chi connectivity index (χ1v) is 17.5. The maximum absolute atomic E-state index is 14.6. The van der Waals surface area contributed by atoms with Gasteiger partial charge in [0, 0.05) is 24.5 Å². The number of amides is 2. The average molecular weight is 676 g/mol. The van der Waals surface area contributed by atoms with Crippen molar-refractivity contribution in [3.05, 3.63) is 125 Å². The van der Waals surface area contributed by atoms with Crippen molar-refractivity contribution >= 4 is 39.1 Å². The number of nitrogens with zero attached hydrogens (tertiary/aromatic N) is 2. The normalized spacial score (nSPS) is 12.0. The quantitative estimate of drug-likeness (QED) is 0.152. The Kier molecular flexibility index (Phi) is 12.4. The van der Waals surface area contributed by atoms with Gasteiger partial charge in [-0.15, -0.1) is 0 Å². The highest BCUT2D eigenvalue weighted by molar-refractivity contribution is 7.92. The van der Waals surface area contributed by atoms with E-state index in [1.54, 1.807) is 54.6 Å². The summed E-state index contributed by atoms with van der Waals surface area (Å²) in [7, 11) is -4.22. The van der Waals surface area contributed by atoms with Crippen LogP contribution < -0.4 is 14.4 Å². The van der Waals surface area contributed by atoms with Crippen molar-refractivity contribution < 1.29 is 22.7 Å². The third-order valence-corrected chi connectivity index (χ3v) is 9.54. The van der Waals surface area contributed by atoms with E-state index in [9.17, 15) is 18.0 Å². The predicted octanol–water partition coefficient (Wildman–Crippen LogP) is 6.65. The highest BCUT2D eigenvalue weighted by Crippen LogP contribution is 2.27. The van der Waals surface area contributed by atoms with Crippen molar-refractivity contribution in [2.75, 3.05) is 24.0 Å². The molecule has 0 heterocycles. The third kappa shape index (κ3) is 9.83. The molecular weight excluding hydrogens is 634 g/mol. The topological polar surface area (TPSA) is 96.0 Å². The zero-order valence-electron chi connectivity index (χ0n) is 27.2. The van der Waals surface area contributed by atoms with E-state index < -0.39 is 28.5 Å². The fraction of sp³-hybridized carbons (Fsp3) is 0.297. The van der Waals surface area contributed by atoms with Crippen LogP contribution in [0.25, 0.3) is 0 Å². The molecule has 10 heteroatoms. The molecule has 4 aromatic rings. The first-order valence-electron chi connectivity index (χ1n) is 15.7. The van der Waals surface area contributed by atoms with E-state index in [-0.39, 0.29) is 29.7 Å². The summed E-state index contributed by atoms with van der Waals surface area (Å²) in [5.41, 5.74) is 2.82. The summed E-state index contributed by atoms with van der Waals surface area (Å²) in [5.74, 6) is -0.146. The summed E-state index contributed by atoms with van der Waals surface area (Å²) in [6.07, 6.45) is 0.229. The molecule has 8 nitrogen and oxygen atoms in total. The second-order valence-corrected chi connectivity index (χ2v) is 14.0. The zero-order valence-corrected chi connectivity index (χ0v) is 28.8. The molecule has 4 aromatic carbocycles. The van der Waals surface area contributed by atoms with Crippen LogP contribution in [0.1, 0.15) is 37.5 Å². The molecule has 0 aromatic heterocycles. The van der Waals surface area contributed by atoms with Gasteiger partial charge < -0.3 is 15.0 Å². The Morgan fingerprint density at radius 2 is 1.53 bits per heavy atom. The summed E-state index contributed by atoms with van der Waals surface area (Å²) in [5, 5.41) is 3.48. The van der Waals surface area contributed by atoms with Gasteiger partial charge >= 0.3 is 0 Å². The number of ether oxygens (including phenoxy) is 1. The Labute approximate surface area is 283 Å². The number of rotatable bonds is 15. The van der Waals surface area contributed by atoms with E-state index in [1.807, 2.05) is 64.1 Å². The average Bonchev–Trinajstić information content (AvgIpc) is 3.05. The first-order chi connectivity index (χ1) is 22.5. The Morgan fingerprint density at radius 3 is 2.15 bits per heavy atom. The number of halogens is 1. The van der Waals surface area contributed by atoms with Crippen LogP contribution in [0.5, 0.6) is 5.75 Å². The number of aryl methyl sites for hydroxylation is 1. The molecule has 0 saturated carbocycles. The van der Waals surface area contributed by atoms with Crippen molar-refractivity contribution in [3.8, 4) is 5.75 Å². The fourth-order valence-electron chi connectivity index (χ4n) is 5.05. The van der Waals surface area contributed by atoms with Crippen LogP contribution in [0.15, 0.2) is 108 Å². The van der Waals surface area contributed by atoms with Gasteiger partial charge in [0.15, 0.2) is 0 Å². The molecule has 0 unspecified atom stereocenters. The molecule has 47 heavy (non-hydrogen) atoms. The molecule has 0 radical (unpaired) electrons. The maximum Gasteiger partial charge on any atom is 0.264 e. The van der Waals surface area contributed by atoms with E-state index in [2.05, 4.69) is 5.32 Å². The van der Waals surface area contributed by atoms with Gasteiger partial charge in [-0.25, -0.2) is 8.42 Å². The van der Waals surface area contributed by atoms with Crippen LogP contribution in [0.4, 0.5) is 5.69 Å². The summed E-state index contributed by atoms with van der Waals surface area (Å²) in [6, 6.07) is 28.6. The summed E-state index contributed by atoms with van der Waals surface area (Å²) in [4.78, 5) is 29.9. The van der Waals surface area contributed by atoms with Crippen molar-refractivity contribution in [2.24, 2.45) is 5.92 Å². The van der Waals surface area contributed by atoms with Crippen molar-refractivity contribution in [3.63, 3.8) is 0 Å².